The van der Waals surface area contributed by atoms with Gasteiger partial charge in [-0.05, 0) is 192 Å². The van der Waals surface area contributed by atoms with Crippen molar-refractivity contribution in [2.45, 2.75) is 249 Å². The average Bonchev–Trinajstić information content (AvgIpc) is 1.67. The SMILES string of the molecule is CC(C)(C)OC(=O)N[C@@H](CC1CC1)C(=O)O.COC(=O)[C@@H](N)C[C@@H]1CCNC1=O.COC(=O)[C@H](C[C@@H]1CCNC1=O)NC(=O)OC(C)(C)C.COC(=O)[C@H](C[C@@H]1CCNC1=O)NC(=O)[C@@H](C)CC1CC1.COC(=O)[C@H](C[C@@H]1CCNC1=O)NC(=O)[C@@H](N)CC1CC1.COC(=O)[C@H](C[C@@H]1CCNC1=O)NC(=O)[C@H](CC1CC1)NC(=O)c1cc2c(OC)cccc2[nH]1.COc1cccc2[nH]c(C(=O)O)cc12.Cl.Cl. The number of carbonyl (C=O) groups is 18. The lowest BCUT2D eigenvalue weighted by Crippen LogP contribution is -2.52. The molecule has 11 amide bonds. The Bertz CT molecular complexity index is 4850. The normalized spacial score (nSPS) is 19.9. The van der Waals surface area contributed by atoms with Crippen LogP contribution in [0.15, 0.2) is 48.5 Å². The number of benzene rings is 2. The number of halogens is 2. The fraction of sp³-hybridized carbons (Fsp3) is 0.642. The summed E-state index contributed by atoms with van der Waals surface area (Å²) in [5.41, 5.74) is 12.1. The van der Waals surface area contributed by atoms with Gasteiger partial charge in [0.1, 0.15) is 76.4 Å². The van der Waals surface area contributed by atoms with E-state index >= 15 is 0 Å². The van der Waals surface area contributed by atoms with E-state index in [0.29, 0.717) is 131 Å². The van der Waals surface area contributed by atoms with E-state index in [1.165, 1.54) is 48.4 Å². The predicted molar refractivity (Wildman–Crippen MR) is 515 cm³/mol. The zero-order chi connectivity index (χ0) is 103. The number of aromatic nitrogens is 2. The fourth-order valence-corrected chi connectivity index (χ4v) is 15.9. The van der Waals surface area contributed by atoms with Crippen LogP contribution in [0.3, 0.4) is 0 Å². The van der Waals surface area contributed by atoms with E-state index in [1.54, 1.807) is 80.0 Å². The predicted octanol–water partition coefficient (Wildman–Crippen LogP) is 5.24. The van der Waals surface area contributed by atoms with Crippen LogP contribution in [0, 0.1) is 59.2 Å². The Labute approximate surface area is 831 Å². The van der Waals surface area contributed by atoms with E-state index in [1.807, 2.05) is 31.2 Å². The Morgan fingerprint density at radius 1 is 0.369 bits per heavy atom. The molecule has 0 unspecified atom stereocenters. The van der Waals surface area contributed by atoms with Crippen molar-refractivity contribution in [1.82, 2.24) is 68.5 Å². The van der Waals surface area contributed by atoms with Crippen molar-refractivity contribution in [1.29, 1.82) is 0 Å². The maximum absolute atomic E-state index is 13.2. The summed E-state index contributed by atoms with van der Waals surface area (Å²) in [6.45, 7) is 15.3. The highest BCUT2D eigenvalue weighted by Crippen LogP contribution is 2.38. The van der Waals surface area contributed by atoms with Gasteiger partial charge in [0.25, 0.3) is 5.91 Å². The monoisotopic (exact) mass is 2030 g/mol. The van der Waals surface area contributed by atoms with Gasteiger partial charge in [-0.15, -0.1) is 24.8 Å². The number of methoxy groups -OCH3 is 7. The number of amides is 11. The molecule has 44 nitrogen and oxygen atoms in total. The zero-order valence-electron chi connectivity index (χ0n) is 82.5. The molecule has 5 aliphatic heterocycles. The maximum Gasteiger partial charge on any atom is 0.408 e. The topological polar surface area (TPSA) is 647 Å². The first-order chi connectivity index (χ1) is 65.8. The first-order valence-corrected chi connectivity index (χ1v) is 47.1. The van der Waals surface area contributed by atoms with Crippen molar-refractivity contribution in [3.63, 3.8) is 0 Å². The summed E-state index contributed by atoms with van der Waals surface area (Å²) in [6, 6.07) is 7.77. The molecule has 786 valence electrons. The summed E-state index contributed by atoms with van der Waals surface area (Å²) in [6.07, 6.45) is 14.4. The maximum atomic E-state index is 13.2. The van der Waals surface area contributed by atoms with Crippen molar-refractivity contribution in [2.75, 3.05) is 82.5 Å². The molecule has 0 radical (unpaired) electrons. The van der Waals surface area contributed by atoms with Crippen LogP contribution in [0.2, 0.25) is 0 Å². The number of aliphatic carboxylic acids is 1. The van der Waals surface area contributed by atoms with Gasteiger partial charge >= 0.3 is 54.0 Å². The molecule has 4 aromatic rings. The minimum absolute atomic E-state index is 0. The van der Waals surface area contributed by atoms with Crippen LogP contribution in [-0.2, 0) is 100 Å². The van der Waals surface area contributed by atoms with Gasteiger partial charge in [-0.1, -0.05) is 70.4 Å². The van der Waals surface area contributed by atoms with Gasteiger partial charge in [0.05, 0.1) is 55.8 Å². The third-order valence-electron chi connectivity index (χ3n) is 24.3. The molecule has 9 aliphatic rings. The molecule has 141 heavy (non-hydrogen) atoms. The molecular formula is C95H143Cl2N15O29. The van der Waals surface area contributed by atoms with Crippen molar-refractivity contribution in [3.8, 4) is 11.5 Å². The number of carboxylic acid groups (broad SMARTS) is 2. The van der Waals surface area contributed by atoms with Gasteiger partial charge in [0, 0.05) is 90.0 Å². The van der Waals surface area contributed by atoms with E-state index in [2.05, 4.69) is 77.9 Å². The molecule has 2 aromatic heterocycles. The van der Waals surface area contributed by atoms with Crippen molar-refractivity contribution < 1.29 is 139 Å². The molecule has 4 saturated carbocycles. The van der Waals surface area contributed by atoms with Crippen LogP contribution in [0.25, 0.3) is 21.8 Å². The quantitative estimate of drug-likeness (QED) is 0.0203. The third-order valence-corrected chi connectivity index (χ3v) is 24.3. The van der Waals surface area contributed by atoms with Gasteiger partial charge in [0.15, 0.2) is 0 Å². The lowest BCUT2D eigenvalue weighted by Gasteiger charge is -2.23. The van der Waals surface area contributed by atoms with Gasteiger partial charge in [0.2, 0.25) is 47.3 Å². The number of H-pyrrole nitrogens is 2. The zero-order valence-corrected chi connectivity index (χ0v) is 84.1. The van der Waals surface area contributed by atoms with Crippen LogP contribution in [-0.4, -0.2) is 269 Å². The molecule has 19 N–H and O–H groups in total. The number of esters is 5. The molecule has 0 spiro atoms. The number of nitrogens with one attached hydrogen (secondary N) is 13. The number of hydrogen-bond donors (Lipinski definition) is 17. The first kappa shape index (κ1) is 119. The number of aromatic carboxylic acids is 1. The van der Waals surface area contributed by atoms with Gasteiger partial charge < -0.3 is 133 Å². The summed E-state index contributed by atoms with van der Waals surface area (Å²) in [4.78, 5) is 217. The number of fused-ring (bicyclic) bond motifs is 2. The van der Waals surface area contributed by atoms with Crippen LogP contribution >= 0.6 is 24.8 Å². The molecular weight excluding hydrogens is 1890 g/mol. The van der Waals surface area contributed by atoms with Gasteiger partial charge in [-0.25, -0.2) is 38.4 Å². The van der Waals surface area contributed by atoms with E-state index in [0.717, 1.165) is 73.2 Å². The standard InChI is InChI=1S/C24H30N4O6.C15H24N2O4.C14H23N3O4.C13H22N2O5.C11H19NO4.C10H9NO3.C8H14N2O3.2ClH/c1-33-20-5-3-4-16-15(20)12-18(26-16)23(31)27-17(10-13-6-7-13)22(30)28-19(24(32)34-2)11-14-8-9-25-21(14)29;1-9(7-10-3-4-10)13(18)17-12(15(20)21-2)8-11-5-6-16-14(11)19;1-21-14(20)11(7-9-4-5-16-12(9)18)17-13(19)10(15)6-8-2-3-8;1-13(2,3)20-12(18)15-9(11(17)19-4)7-8-5-6-14-10(8)16;1-11(2,3)16-10(15)12-8(9(13)14)6-7-4-5-7;1-14-9-4-2-3-7-6(9)5-8(11-7)10(12)13;1-13-8(12)6(9)4-5-2-3-10-7(5)11;;/h3-5,12-14,17,19,26H,6-11H2,1-2H3,(H,25,29)(H,27,31)(H,28,30);9-12H,3-8H2,1-2H3,(H,16,19)(H,17,18);8-11H,2-7,15H2,1H3,(H,16,18)(H,17,19);8-9H,5-7H2,1-4H3,(H,14,16)(H,15,18);7-8H,4-6H2,1-3H3,(H,12,15)(H,13,14);2-5,11H,1H3,(H,12,13);5-6H,2-4,9H2,1H3,(H,10,11);2*1H/t14-,17-,19-;9-,11-,12-;9-,10-,11-;8-,9-;8-;;5-,6-;;/m00000.0../s1. The molecule has 0 bridgehead atoms. The highest BCUT2D eigenvalue weighted by molar-refractivity contribution is 6.02. The van der Waals surface area contributed by atoms with E-state index < -0.39 is 125 Å². The van der Waals surface area contributed by atoms with Crippen LogP contribution in [0.5, 0.6) is 11.5 Å². The first-order valence-electron chi connectivity index (χ1n) is 47.1. The highest BCUT2D eigenvalue weighted by atomic mass is 35.5. The Kier molecular flexibility index (Phi) is 48.6. The minimum atomic E-state index is -1.00. The van der Waals surface area contributed by atoms with E-state index in [4.69, 9.17) is 54.8 Å². The van der Waals surface area contributed by atoms with Crippen LogP contribution in [0.1, 0.15) is 211 Å². The summed E-state index contributed by atoms with van der Waals surface area (Å²) in [7, 11) is 9.44. The summed E-state index contributed by atoms with van der Waals surface area (Å²) >= 11 is 0. The number of aromatic amines is 2. The number of rotatable bonds is 37. The molecule has 7 heterocycles. The van der Waals surface area contributed by atoms with Crippen LogP contribution in [0.4, 0.5) is 9.59 Å². The largest absolute Gasteiger partial charge is 0.496 e. The Balaban J connectivity index is 0.000000296. The highest BCUT2D eigenvalue weighted by Gasteiger charge is 2.41. The number of carboxylic acids is 2. The summed E-state index contributed by atoms with van der Waals surface area (Å²) in [5.74, 6) is -4.56. The van der Waals surface area contributed by atoms with Crippen molar-refractivity contribution in [3.05, 3.63) is 59.9 Å². The number of nitrogens with two attached hydrogens (primary N) is 2. The number of ether oxygens (including phenoxy) is 9. The molecule has 46 heteroatoms. The molecule has 4 aliphatic carbocycles. The lowest BCUT2D eigenvalue weighted by atomic mass is 9.97. The van der Waals surface area contributed by atoms with Gasteiger partial charge in [-0.2, -0.15) is 0 Å². The summed E-state index contributed by atoms with van der Waals surface area (Å²) in [5, 5.41) is 48.6. The molecule has 5 saturated heterocycles. The van der Waals surface area contributed by atoms with E-state index in [9.17, 15) is 86.3 Å². The number of hydrogen-bond acceptors (Lipinski definition) is 29. The second-order valence-electron chi connectivity index (χ2n) is 38.0. The van der Waals surface area contributed by atoms with E-state index in [-0.39, 0.29) is 127 Å². The second kappa shape index (κ2) is 57.6. The average molecular weight is 2030 g/mol. The fourth-order valence-electron chi connectivity index (χ4n) is 15.9. The Morgan fingerprint density at radius 2 is 0.681 bits per heavy atom. The number of alkyl carbamates (subject to hydrolysis) is 2. The van der Waals surface area contributed by atoms with Gasteiger partial charge in [-0.3, -0.25) is 47.9 Å². The van der Waals surface area contributed by atoms with Crippen molar-refractivity contribution >= 4 is 154 Å². The molecule has 9 fully saturated rings. The Hall–Kier alpha value is -12.3. The third kappa shape index (κ3) is 41.0. The second-order valence-corrected chi connectivity index (χ2v) is 38.0. The smallest absolute Gasteiger partial charge is 0.408 e. The number of carbonyl (C=O) groups excluding carboxylic acids is 16. The summed E-state index contributed by atoms with van der Waals surface area (Å²) < 4.78 is 44.0. The Morgan fingerprint density at radius 3 is 1.01 bits per heavy atom. The van der Waals surface area contributed by atoms with Crippen molar-refractivity contribution in [2.24, 2.45) is 70.6 Å². The molecule has 14 atom stereocenters. The lowest BCUT2D eigenvalue weighted by molar-refractivity contribution is -0.146. The van der Waals surface area contributed by atoms with Crippen LogP contribution < -0.4 is 79.4 Å². The minimum Gasteiger partial charge on any atom is -0.496 e. The molecule has 13 rings (SSSR count). The molecule has 2 aromatic carbocycles.